The Balaban J connectivity index is 1.75. The van der Waals surface area contributed by atoms with Crippen molar-refractivity contribution in [2.24, 2.45) is 5.92 Å². The molecule has 0 radical (unpaired) electrons. The highest BCUT2D eigenvalue weighted by Gasteiger charge is 2.53. The molecule has 0 saturated carbocycles. The minimum absolute atomic E-state index is 0.170. The van der Waals surface area contributed by atoms with Gasteiger partial charge in [0, 0.05) is 25.6 Å². The van der Waals surface area contributed by atoms with Gasteiger partial charge in [0.1, 0.15) is 4.75 Å². The normalized spacial score (nSPS) is 23.5. The molecule has 0 saturated heterocycles. The highest BCUT2D eigenvalue weighted by atomic mass is 32.2. The number of hydrogen-bond donors (Lipinski definition) is 0. The fourth-order valence-corrected chi connectivity index (χ4v) is 11.9. The van der Waals surface area contributed by atoms with Gasteiger partial charge in [-0.15, -0.1) is 0 Å². The van der Waals surface area contributed by atoms with E-state index >= 15 is 0 Å². The third-order valence-electron chi connectivity index (χ3n) is 7.43. The first kappa shape index (κ1) is 25.8. The molecule has 0 aromatic heterocycles. The zero-order valence-electron chi connectivity index (χ0n) is 21.2. The summed E-state index contributed by atoms with van der Waals surface area (Å²) in [5.74, 6) is -0.301. The van der Waals surface area contributed by atoms with Crippen LogP contribution in [-0.2, 0) is 14.4 Å². The standard InChI is InChI=1S/C29H37NO3SSi/c1-28(2,3)35(26-17-8-5-9-18-26,27-19-10-6-11-20-27)33-24-25-16-12-13-21-29(25,4)34(31,32)30-22-14-7-15-23-30/h5-14,16-21,25H,15,22-24H2,1-4H3. The van der Waals surface area contributed by atoms with E-state index in [-0.39, 0.29) is 11.0 Å². The molecule has 2 aromatic carbocycles. The van der Waals surface area contributed by atoms with Crippen molar-refractivity contribution in [1.82, 2.24) is 4.31 Å². The van der Waals surface area contributed by atoms with Gasteiger partial charge in [-0.2, -0.15) is 4.31 Å². The lowest BCUT2D eigenvalue weighted by atomic mass is 9.90. The summed E-state index contributed by atoms with van der Waals surface area (Å²) >= 11 is 0. The number of benzene rings is 2. The molecule has 4 nitrogen and oxygen atoms in total. The average Bonchev–Trinajstić information content (AvgIpc) is 2.86. The number of hydrogen-bond acceptors (Lipinski definition) is 3. The number of sulfonamides is 1. The van der Waals surface area contributed by atoms with E-state index in [1.54, 1.807) is 4.31 Å². The lowest BCUT2D eigenvalue weighted by Gasteiger charge is -2.45. The minimum Gasteiger partial charge on any atom is -0.407 e. The second kappa shape index (κ2) is 10.0. The molecule has 0 amide bonds. The van der Waals surface area contributed by atoms with E-state index < -0.39 is 23.1 Å². The van der Waals surface area contributed by atoms with Crippen LogP contribution in [0.15, 0.2) is 97.1 Å². The Labute approximate surface area is 212 Å². The van der Waals surface area contributed by atoms with E-state index in [9.17, 15) is 8.42 Å². The fourth-order valence-electron chi connectivity index (χ4n) is 5.35. The number of rotatable bonds is 7. The van der Waals surface area contributed by atoms with Crippen molar-refractivity contribution in [2.45, 2.75) is 43.9 Å². The highest BCUT2D eigenvalue weighted by Crippen LogP contribution is 2.40. The summed E-state index contributed by atoms with van der Waals surface area (Å²) in [4.78, 5) is 0. The smallest absolute Gasteiger partial charge is 0.261 e. The zero-order valence-corrected chi connectivity index (χ0v) is 23.0. The molecule has 6 heteroatoms. The molecule has 4 rings (SSSR count). The summed E-state index contributed by atoms with van der Waals surface area (Å²) in [7, 11) is -6.36. The molecule has 1 heterocycles. The maximum Gasteiger partial charge on any atom is 0.261 e. The lowest BCUT2D eigenvalue weighted by molar-refractivity contribution is 0.238. The maximum absolute atomic E-state index is 13.9. The van der Waals surface area contributed by atoms with Crippen LogP contribution in [0.4, 0.5) is 0 Å². The van der Waals surface area contributed by atoms with Crippen LogP contribution in [-0.4, -0.2) is 45.5 Å². The van der Waals surface area contributed by atoms with Crippen molar-refractivity contribution < 1.29 is 12.8 Å². The van der Waals surface area contributed by atoms with E-state index in [1.807, 2.05) is 49.4 Å². The van der Waals surface area contributed by atoms with Gasteiger partial charge in [0.15, 0.2) is 0 Å². The fraction of sp³-hybridized carbons (Fsp3) is 0.379. The van der Waals surface area contributed by atoms with Gasteiger partial charge in [0.05, 0.1) is 0 Å². The molecular formula is C29H37NO3SSi. The minimum atomic E-state index is -3.59. The summed E-state index contributed by atoms with van der Waals surface area (Å²) in [6, 6.07) is 21.0. The molecule has 1 aliphatic heterocycles. The van der Waals surface area contributed by atoms with Crippen molar-refractivity contribution in [2.75, 3.05) is 19.7 Å². The van der Waals surface area contributed by atoms with Gasteiger partial charge in [-0.1, -0.05) is 118 Å². The van der Waals surface area contributed by atoms with Gasteiger partial charge < -0.3 is 4.43 Å². The third-order valence-corrected chi connectivity index (χ3v) is 15.0. The van der Waals surface area contributed by atoms with E-state index in [0.717, 1.165) is 6.42 Å². The Morgan fingerprint density at radius 1 is 0.971 bits per heavy atom. The van der Waals surface area contributed by atoms with Crippen LogP contribution < -0.4 is 10.4 Å². The van der Waals surface area contributed by atoms with Crippen molar-refractivity contribution in [3.63, 3.8) is 0 Å². The Bertz CT molecular complexity index is 1160. The van der Waals surface area contributed by atoms with Crippen LogP contribution in [0, 0.1) is 5.92 Å². The van der Waals surface area contributed by atoms with Gasteiger partial charge in [0.25, 0.3) is 8.32 Å². The Morgan fingerprint density at radius 2 is 1.57 bits per heavy atom. The molecule has 35 heavy (non-hydrogen) atoms. The van der Waals surface area contributed by atoms with Gasteiger partial charge in [-0.3, -0.25) is 0 Å². The zero-order chi connectivity index (χ0) is 25.2. The number of nitrogens with zero attached hydrogens (tertiary/aromatic N) is 1. The lowest BCUT2D eigenvalue weighted by Crippen LogP contribution is -2.67. The van der Waals surface area contributed by atoms with Gasteiger partial charge >= 0.3 is 0 Å². The summed E-state index contributed by atoms with van der Waals surface area (Å²) in [5.41, 5.74) is 0. The average molecular weight is 508 g/mol. The summed E-state index contributed by atoms with van der Waals surface area (Å²) < 4.78 is 35.5. The first-order chi connectivity index (χ1) is 16.6. The third kappa shape index (κ3) is 4.65. The molecule has 0 bridgehead atoms. The van der Waals surface area contributed by atoms with Crippen LogP contribution >= 0.6 is 0 Å². The molecule has 2 unspecified atom stereocenters. The topological polar surface area (TPSA) is 46.6 Å². The molecule has 0 spiro atoms. The highest BCUT2D eigenvalue weighted by molar-refractivity contribution is 7.90. The SMILES string of the molecule is CC(C)(C)[Si](OCC1C=CC=CC1(C)S(=O)(=O)N1CC=CCC1)(c1ccccc1)c1ccccc1. The predicted molar refractivity (Wildman–Crippen MR) is 148 cm³/mol. The van der Waals surface area contributed by atoms with Crippen LogP contribution in [0.25, 0.3) is 0 Å². The van der Waals surface area contributed by atoms with E-state index in [1.165, 1.54) is 10.4 Å². The van der Waals surface area contributed by atoms with Crippen molar-refractivity contribution in [3.05, 3.63) is 97.1 Å². The molecular weight excluding hydrogens is 470 g/mol. The molecule has 2 aromatic rings. The summed E-state index contributed by atoms with van der Waals surface area (Å²) in [5, 5.41) is 2.22. The Morgan fingerprint density at radius 3 is 2.09 bits per heavy atom. The second-order valence-electron chi connectivity index (χ2n) is 10.6. The van der Waals surface area contributed by atoms with Crippen molar-refractivity contribution in [1.29, 1.82) is 0 Å². The summed E-state index contributed by atoms with van der Waals surface area (Å²) in [6.07, 6.45) is 12.4. The van der Waals surface area contributed by atoms with Crippen LogP contribution in [0.5, 0.6) is 0 Å². The molecule has 2 atom stereocenters. The van der Waals surface area contributed by atoms with Crippen molar-refractivity contribution >= 4 is 28.7 Å². The van der Waals surface area contributed by atoms with E-state index in [4.69, 9.17) is 4.43 Å². The van der Waals surface area contributed by atoms with Crippen LogP contribution in [0.3, 0.4) is 0 Å². The number of allylic oxidation sites excluding steroid dienone is 2. The molecule has 1 aliphatic carbocycles. The first-order valence-corrected chi connectivity index (χ1v) is 15.7. The first-order valence-electron chi connectivity index (χ1n) is 12.4. The van der Waals surface area contributed by atoms with Crippen LogP contribution in [0.2, 0.25) is 5.04 Å². The van der Waals surface area contributed by atoms with Gasteiger partial charge in [-0.25, -0.2) is 8.42 Å². The Hall–Kier alpha value is -2.25. The van der Waals surface area contributed by atoms with E-state index in [0.29, 0.717) is 19.7 Å². The monoisotopic (exact) mass is 507 g/mol. The van der Waals surface area contributed by atoms with Gasteiger partial charge in [-0.05, 0) is 28.8 Å². The van der Waals surface area contributed by atoms with E-state index in [2.05, 4.69) is 75.4 Å². The quantitative estimate of drug-likeness (QED) is 0.405. The largest absolute Gasteiger partial charge is 0.407 e. The molecule has 0 N–H and O–H groups in total. The Kier molecular flexibility index (Phi) is 7.39. The molecule has 2 aliphatic rings. The molecule has 0 fully saturated rings. The van der Waals surface area contributed by atoms with Gasteiger partial charge in [0.2, 0.25) is 10.0 Å². The molecule has 186 valence electrons. The maximum atomic E-state index is 13.9. The summed E-state index contributed by atoms with van der Waals surface area (Å²) in [6.45, 7) is 9.85. The van der Waals surface area contributed by atoms with Crippen LogP contribution in [0.1, 0.15) is 34.1 Å². The second-order valence-corrected chi connectivity index (χ2v) is 17.3. The predicted octanol–water partition coefficient (Wildman–Crippen LogP) is 4.66. The van der Waals surface area contributed by atoms with Crippen molar-refractivity contribution in [3.8, 4) is 0 Å².